The largest absolute Gasteiger partial charge is 0.391 e. The highest BCUT2D eigenvalue weighted by molar-refractivity contribution is 5.79. The molecule has 0 saturated carbocycles. The van der Waals surface area contributed by atoms with Crippen LogP contribution in [0.5, 0.6) is 0 Å². The van der Waals surface area contributed by atoms with Crippen molar-refractivity contribution in [3.63, 3.8) is 0 Å². The molecule has 0 aliphatic carbocycles. The fraction of sp³-hybridized carbons (Fsp3) is 0.923. The monoisotopic (exact) mass is 278 g/mol. The highest BCUT2D eigenvalue weighted by Crippen LogP contribution is 2.34. The molecule has 0 radical (unpaired) electrons. The number of halogens is 3. The Kier molecular flexibility index (Phi) is 4.38. The van der Waals surface area contributed by atoms with Crippen molar-refractivity contribution in [1.82, 2.24) is 10.2 Å². The molecule has 2 atom stereocenters. The Morgan fingerprint density at radius 2 is 1.79 bits per heavy atom. The molecule has 2 aliphatic rings. The van der Waals surface area contributed by atoms with Gasteiger partial charge in [-0.25, -0.2) is 0 Å². The summed E-state index contributed by atoms with van der Waals surface area (Å²) in [5, 5.41) is 3.26. The van der Waals surface area contributed by atoms with E-state index in [1.807, 2.05) is 0 Å². The molecule has 2 unspecified atom stereocenters. The lowest BCUT2D eigenvalue weighted by atomic mass is 9.91. The van der Waals surface area contributed by atoms with Gasteiger partial charge in [-0.1, -0.05) is 0 Å². The lowest BCUT2D eigenvalue weighted by molar-refractivity contribution is -0.187. The zero-order valence-electron chi connectivity index (χ0n) is 11.2. The van der Waals surface area contributed by atoms with Gasteiger partial charge in [-0.2, -0.15) is 13.2 Å². The first-order valence-corrected chi connectivity index (χ1v) is 6.97. The number of hydrogen-bond acceptors (Lipinski definition) is 2. The van der Waals surface area contributed by atoms with E-state index in [4.69, 9.17) is 0 Å². The number of carbonyl (C=O) groups excluding carboxylic acids is 1. The van der Waals surface area contributed by atoms with Crippen LogP contribution in [-0.4, -0.2) is 42.7 Å². The first-order chi connectivity index (χ1) is 8.88. The fourth-order valence-corrected chi connectivity index (χ4v) is 2.89. The van der Waals surface area contributed by atoms with E-state index in [1.54, 1.807) is 4.90 Å². The van der Waals surface area contributed by atoms with E-state index in [2.05, 4.69) is 12.2 Å². The van der Waals surface area contributed by atoms with Crippen molar-refractivity contribution in [2.45, 2.75) is 44.8 Å². The lowest BCUT2D eigenvalue weighted by Gasteiger charge is -2.36. The fourth-order valence-electron chi connectivity index (χ4n) is 2.89. The van der Waals surface area contributed by atoms with Crippen molar-refractivity contribution in [2.24, 2.45) is 11.8 Å². The molecule has 1 N–H and O–H groups in total. The summed E-state index contributed by atoms with van der Waals surface area (Å²) in [7, 11) is 0. The number of nitrogens with zero attached hydrogens (tertiary/aromatic N) is 1. The minimum Gasteiger partial charge on any atom is -0.342 e. The maximum absolute atomic E-state index is 12.6. The summed E-state index contributed by atoms with van der Waals surface area (Å²) in [5.41, 5.74) is 0. The molecule has 3 nitrogen and oxygen atoms in total. The van der Waals surface area contributed by atoms with Crippen molar-refractivity contribution >= 4 is 5.91 Å². The van der Waals surface area contributed by atoms with Gasteiger partial charge < -0.3 is 10.2 Å². The van der Waals surface area contributed by atoms with Gasteiger partial charge in [-0.05, 0) is 32.6 Å². The Labute approximate surface area is 111 Å². The Hall–Kier alpha value is -0.780. The number of carbonyl (C=O) groups is 1. The van der Waals surface area contributed by atoms with Gasteiger partial charge in [-0.3, -0.25) is 4.79 Å². The van der Waals surface area contributed by atoms with Crippen molar-refractivity contribution in [1.29, 1.82) is 0 Å². The Morgan fingerprint density at radius 3 is 2.26 bits per heavy atom. The third-order valence-corrected chi connectivity index (χ3v) is 4.28. The van der Waals surface area contributed by atoms with E-state index in [1.165, 1.54) is 0 Å². The summed E-state index contributed by atoms with van der Waals surface area (Å²) in [6, 6.07) is 0.431. The van der Waals surface area contributed by atoms with Gasteiger partial charge in [0.25, 0.3) is 0 Å². The molecular weight excluding hydrogens is 257 g/mol. The maximum Gasteiger partial charge on any atom is 0.391 e. The van der Waals surface area contributed by atoms with Crippen molar-refractivity contribution in [3.8, 4) is 0 Å². The summed E-state index contributed by atoms with van der Waals surface area (Å²) in [4.78, 5) is 13.8. The van der Waals surface area contributed by atoms with Gasteiger partial charge in [0.15, 0.2) is 0 Å². The molecule has 2 fully saturated rings. The van der Waals surface area contributed by atoms with Gasteiger partial charge >= 0.3 is 6.18 Å². The Bertz CT molecular complexity index is 316. The molecule has 1 amide bonds. The van der Waals surface area contributed by atoms with E-state index in [9.17, 15) is 18.0 Å². The number of hydrogen-bond donors (Lipinski definition) is 1. The van der Waals surface area contributed by atoms with E-state index in [0.717, 1.165) is 12.8 Å². The summed E-state index contributed by atoms with van der Waals surface area (Å²) >= 11 is 0. The number of likely N-dealkylation sites (tertiary alicyclic amines) is 1. The summed E-state index contributed by atoms with van der Waals surface area (Å²) in [6.45, 7) is 3.22. The number of nitrogens with one attached hydrogen (secondary N) is 1. The van der Waals surface area contributed by atoms with Crippen molar-refractivity contribution < 1.29 is 18.0 Å². The second-order valence-electron chi connectivity index (χ2n) is 5.72. The number of amides is 1. The molecule has 2 heterocycles. The minimum absolute atomic E-state index is 0.0278. The average Bonchev–Trinajstić information content (AvgIpc) is 2.38. The minimum atomic E-state index is -4.11. The molecular formula is C13H21F3N2O. The quantitative estimate of drug-likeness (QED) is 0.797. The highest BCUT2D eigenvalue weighted by Gasteiger charge is 2.42. The first-order valence-electron chi connectivity index (χ1n) is 6.97. The molecule has 0 bridgehead atoms. The molecule has 0 aromatic heterocycles. The van der Waals surface area contributed by atoms with Crippen LogP contribution in [0.1, 0.15) is 32.6 Å². The van der Waals surface area contributed by atoms with Crippen LogP contribution >= 0.6 is 0 Å². The number of alkyl halides is 3. The first kappa shape index (κ1) is 14.6. The van der Waals surface area contributed by atoms with Gasteiger partial charge in [-0.15, -0.1) is 0 Å². The predicted octanol–water partition coefficient (Wildman–Crippen LogP) is 2.18. The molecule has 0 aromatic rings. The standard InChI is InChI=1S/C13H21F3N2O/c1-9-2-3-10(8-17-9)12(19)18-6-4-11(5-7-18)13(14,15)16/h9-11,17H,2-8H2,1H3. The molecule has 0 aromatic carbocycles. The van der Waals surface area contributed by atoms with Crippen LogP contribution in [0.25, 0.3) is 0 Å². The third kappa shape index (κ3) is 3.61. The summed E-state index contributed by atoms with van der Waals surface area (Å²) in [5.74, 6) is -1.26. The molecule has 110 valence electrons. The number of piperidine rings is 2. The molecule has 2 aliphatic heterocycles. The van der Waals surface area contributed by atoms with E-state index in [0.29, 0.717) is 12.6 Å². The van der Waals surface area contributed by atoms with Crippen molar-refractivity contribution in [2.75, 3.05) is 19.6 Å². The second-order valence-corrected chi connectivity index (χ2v) is 5.72. The topological polar surface area (TPSA) is 32.3 Å². The van der Waals surface area contributed by atoms with Crippen LogP contribution in [-0.2, 0) is 4.79 Å². The zero-order chi connectivity index (χ0) is 14.0. The summed E-state index contributed by atoms with van der Waals surface area (Å²) < 4.78 is 37.7. The molecule has 6 heteroatoms. The molecule has 19 heavy (non-hydrogen) atoms. The number of rotatable bonds is 1. The van der Waals surface area contributed by atoms with Gasteiger partial charge in [0.1, 0.15) is 0 Å². The molecule has 0 spiro atoms. The van der Waals surface area contributed by atoms with E-state index >= 15 is 0 Å². The van der Waals surface area contributed by atoms with Gasteiger partial charge in [0, 0.05) is 25.7 Å². The smallest absolute Gasteiger partial charge is 0.342 e. The average molecular weight is 278 g/mol. The molecule has 2 rings (SSSR count). The van der Waals surface area contributed by atoms with Crippen LogP contribution in [0.4, 0.5) is 13.2 Å². The SMILES string of the molecule is CC1CCC(C(=O)N2CCC(C(F)(F)F)CC2)CN1. The van der Waals surface area contributed by atoms with Crippen LogP contribution in [0, 0.1) is 11.8 Å². The van der Waals surface area contributed by atoms with Gasteiger partial charge in [0.2, 0.25) is 5.91 Å². The lowest BCUT2D eigenvalue weighted by Crippen LogP contribution is -2.49. The maximum atomic E-state index is 12.6. The van der Waals surface area contributed by atoms with E-state index in [-0.39, 0.29) is 37.8 Å². The van der Waals surface area contributed by atoms with Gasteiger partial charge in [0.05, 0.1) is 11.8 Å². The Morgan fingerprint density at radius 1 is 1.16 bits per heavy atom. The van der Waals surface area contributed by atoms with Crippen LogP contribution in [0.2, 0.25) is 0 Å². The second kappa shape index (κ2) is 5.69. The summed E-state index contributed by atoms with van der Waals surface area (Å²) in [6.07, 6.45) is -2.23. The van der Waals surface area contributed by atoms with Crippen molar-refractivity contribution in [3.05, 3.63) is 0 Å². The van der Waals surface area contributed by atoms with Crippen LogP contribution in [0.15, 0.2) is 0 Å². The predicted molar refractivity (Wildman–Crippen MR) is 65.5 cm³/mol. The normalized spacial score (nSPS) is 30.4. The zero-order valence-corrected chi connectivity index (χ0v) is 11.2. The Balaban J connectivity index is 1.82. The van der Waals surface area contributed by atoms with E-state index < -0.39 is 12.1 Å². The third-order valence-electron chi connectivity index (χ3n) is 4.28. The molecule has 2 saturated heterocycles. The van der Waals surface area contributed by atoms with Crippen LogP contribution < -0.4 is 5.32 Å². The van der Waals surface area contributed by atoms with Crippen LogP contribution in [0.3, 0.4) is 0 Å². The highest BCUT2D eigenvalue weighted by atomic mass is 19.4.